The Bertz CT molecular complexity index is 557. The molecule has 1 aromatic rings. The Morgan fingerprint density at radius 3 is 2.75 bits per heavy atom. The van der Waals surface area contributed by atoms with Crippen LogP contribution >= 0.6 is 0 Å². The maximum Gasteiger partial charge on any atom is 0.416 e. The van der Waals surface area contributed by atoms with Crippen molar-refractivity contribution in [2.75, 3.05) is 18.2 Å². The summed E-state index contributed by atoms with van der Waals surface area (Å²) in [6, 6.07) is 2.08. The number of alkyl halides is 3. The van der Waals surface area contributed by atoms with E-state index in [1.807, 2.05) is 0 Å². The lowest BCUT2D eigenvalue weighted by molar-refractivity contribution is -0.137. The number of rotatable bonds is 1. The first-order chi connectivity index (χ1) is 9.47. The van der Waals surface area contributed by atoms with Crippen LogP contribution < -0.4 is 15.0 Å². The standard InChI is InChI=1S/C13H13F3N2O2/c14-13(15,16)9-4-8-6-17-7-20-12(8)10(5-9)18-3-1-2-11(18)19/h4-5,17H,1-3,6-7H2. The summed E-state index contributed by atoms with van der Waals surface area (Å²) in [4.78, 5) is 13.2. The van der Waals surface area contributed by atoms with Gasteiger partial charge in [0.15, 0.2) is 0 Å². The Morgan fingerprint density at radius 2 is 2.10 bits per heavy atom. The molecule has 20 heavy (non-hydrogen) atoms. The predicted octanol–water partition coefficient (Wildman–Crippen LogP) is 2.27. The zero-order valence-corrected chi connectivity index (χ0v) is 10.6. The average Bonchev–Trinajstić information content (AvgIpc) is 2.82. The Labute approximate surface area is 113 Å². The summed E-state index contributed by atoms with van der Waals surface area (Å²) >= 11 is 0. The van der Waals surface area contributed by atoms with Crippen molar-refractivity contribution in [2.24, 2.45) is 0 Å². The van der Waals surface area contributed by atoms with E-state index in [-0.39, 0.29) is 18.3 Å². The minimum atomic E-state index is -4.44. The van der Waals surface area contributed by atoms with Crippen LogP contribution in [0.3, 0.4) is 0 Å². The summed E-state index contributed by atoms with van der Waals surface area (Å²) < 4.78 is 44.3. The highest BCUT2D eigenvalue weighted by Gasteiger charge is 2.35. The number of amides is 1. The minimum Gasteiger partial charge on any atom is -0.476 e. The van der Waals surface area contributed by atoms with E-state index in [0.717, 1.165) is 12.1 Å². The molecule has 1 N–H and O–H groups in total. The lowest BCUT2D eigenvalue weighted by Gasteiger charge is -2.27. The van der Waals surface area contributed by atoms with Gasteiger partial charge in [-0.3, -0.25) is 10.1 Å². The molecule has 0 radical (unpaired) electrons. The summed E-state index contributed by atoms with van der Waals surface area (Å²) in [6.45, 7) is 0.963. The molecule has 0 aromatic heterocycles. The van der Waals surface area contributed by atoms with E-state index in [2.05, 4.69) is 5.32 Å². The Balaban J connectivity index is 2.13. The van der Waals surface area contributed by atoms with E-state index in [1.54, 1.807) is 0 Å². The van der Waals surface area contributed by atoms with Gasteiger partial charge >= 0.3 is 6.18 Å². The molecule has 0 aliphatic carbocycles. The number of hydrogen-bond acceptors (Lipinski definition) is 3. The fraction of sp³-hybridized carbons (Fsp3) is 0.462. The maximum atomic E-state index is 13.0. The number of hydrogen-bond donors (Lipinski definition) is 1. The molecule has 3 rings (SSSR count). The van der Waals surface area contributed by atoms with Gasteiger partial charge in [-0.15, -0.1) is 0 Å². The zero-order chi connectivity index (χ0) is 14.3. The van der Waals surface area contributed by atoms with E-state index < -0.39 is 11.7 Å². The van der Waals surface area contributed by atoms with Gasteiger partial charge in [0, 0.05) is 25.1 Å². The van der Waals surface area contributed by atoms with Crippen molar-refractivity contribution >= 4 is 11.6 Å². The highest BCUT2D eigenvalue weighted by Crippen LogP contribution is 2.41. The van der Waals surface area contributed by atoms with Crippen molar-refractivity contribution in [1.82, 2.24) is 5.32 Å². The molecule has 1 aromatic carbocycles. The summed E-state index contributed by atoms with van der Waals surface area (Å²) in [5.74, 6) is 0.223. The molecule has 7 heteroatoms. The first kappa shape index (κ1) is 13.2. The Kier molecular flexibility index (Phi) is 3.08. The number of nitrogens with zero attached hydrogens (tertiary/aromatic N) is 1. The molecule has 4 nitrogen and oxygen atoms in total. The van der Waals surface area contributed by atoms with Crippen LogP contribution in [0.2, 0.25) is 0 Å². The topological polar surface area (TPSA) is 41.6 Å². The molecular formula is C13H13F3N2O2. The minimum absolute atomic E-state index is 0.159. The van der Waals surface area contributed by atoms with Gasteiger partial charge in [-0.2, -0.15) is 13.2 Å². The van der Waals surface area contributed by atoms with Crippen molar-refractivity contribution in [3.05, 3.63) is 23.3 Å². The van der Waals surface area contributed by atoms with Crippen LogP contribution in [-0.4, -0.2) is 19.2 Å². The highest BCUT2D eigenvalue weighted by atomic mass is 19.4. The van der Waals surface area contributed by atoms with Crippen LogP contribution in [0.4, 0.5) is 18.9 Å². The average molecular weight is 286 g/mol. The molecule has 2 heterocycles. The van der Waals surface area contributed by atoms with Crippen molar-refractivity contribution in [3.63, 3.8) is 0 Å². The number of ether oxygens (including phenoxy) is 1. The number of fused-ring (bicyclic) bond motifs is 1. The molecule has 108 valence electrons. The monoisotopic (exact) mass is 286 g/mol. The molecule has 1 amide bonds. The fourth-order valence-corrected chi connectivity index (χ4v) is 2.55. The number of nitrogens with one attached hydrogen (secondary N) is 1. The molecule has 1 saturated heterocycles. The SMILES string of the molecule is O=C1CCCN1c1cc(C(F)(F)F)cc2c1OCNC2. The first-order valence-electron chi connectivity index (χ1n) is 6.35. The molecule has 2 aliphatic rings. The van der Waals surface area contributed by atoms with Gasteiger partial charge < -0.3 is 9.64 Å². The molecule has 0 spiro atoms. The summed E-state index contributed by atoms with van der Waals surface area (Å²) in [5, 5.41) is 2.86. The Morgan fingerprint density at radius 1 is 1.30 bits per heavy atom. The summed E-state index contributed by atoms with van der Waals surface area (Å²) in [7, 11) is 0. The highest BCUT2D eigenvalue weighted by molar-refractivity contribution is 5.97. The van der Waals surface area contributed by atoms with Crippen molar-refractivity contribution in [3.8, 4) is 5.75 Å². The fourth-order valence-electron chi connectivity index (χ4n) is 2.55. The number of halogens is 3. The van der Waals surface area contributed by atoms with E-state index in [1.165, 1.54) is 4.90 Å². The molecule has 1 fully saturated rings. The third kappa shape index (κ3) is 2.22. The third-order valence-corrected chi connectivity index (χ3v) is 3.47. The van der Waals surface area contributed by atoms with Crippen LogP contribution in [-0.2, 0) is 17.5 Å². The van der Waals surface area contributed by atoms with Crippen LogP contribution in [0.15, 0.2) is 12.1 Å². The predicted molar refractivity (Wildman–Crippen MR) is 65.4 cm³/mol. The van der Waals surface area contributed by atoms with Gasteiger partial charge in [0.1, 0.15) is 12.5 Å². The second kappa shape index (κ2) is 4.66. The normalized spacial score (nSPS) is 18.9. The quantitative estimate of drug-likeness (QED) is 0.861. The second-order valence-electron chi connectivity index (χ2n) is 4.85. The molecule has 0 atom stereocenters. The maximum absolute atomic E-state index is 13.0. The van der Waals surface area contributed by atoms with E-state index >= 15 is 0 Å². The summed E-state index contributed by atoms with van der Waals surface area (Å²) in [5.41, 5.74) is -0.0853. The molecule has 2 aliphatic heterocycles. The van der Waals surface area contributed by atoms with Gasteiger partial charge in [-0.25, -0.2) is 0 Å². The van der Waals surface area contributed by atoms with Gasteiger partial charge in [0.05, 0.1) is 11.3 Å². The number of carbonyl (C=O) groups is 1. The zero-order valence-electron chi connectivity index (χ0n) is 10.6. The Hall–Kier alpha value is -1.76. The largest absolute Gasteiger partial charge is 0.476 e. The molecule has 0 saturated carbocycles. The van der Waals surface area contributed by atoms with Crippen LogP contribution in [0.1, 0.15) is 24.0 Å². The number of benzene rings is 1. The van der Waals surface area contributed by atoms with Gasteiger partial charge in [0.2, 0.25) is 5.91 Å². The van der Waals surface area contributed by atoms with Crippen molar-refractivity contribution in [2.45, 2.75) is 25.6 Å². The first-order valence-corrected chi connectivity index (χ1v) is 6.35. The molecule has 0 unspecified atom stereocenters. The summed E-state index contributed by atoms with van der Waals surface area (Å²) in [6.07, 6.45) is -3.42. The van der Waals surface area contributed by atoms with E-state index in [0.29, 0.717) is 37.2 Å². The number of carbonyl (C=O) groups excluding carboxylic acids is 1. The third-order valence-electron chi connectivity index (χ3n) is 3.47. The van der Waals surface area contributed by atoms with Crippen molar-refractivity contribution in [1.29, 1.82) is 0 Å². The van der Waals surface area contributed by atoms with E-state index in [4.69, 9.17) is 4.74 Å². The lowest BCUT2D eigenvalue weighted by atomic mass is 10.1. The lowest BCUT2D eigenvalue weighted by Crippen LogP contribution is -2.30. The van der Waals surface area contributed by atoms with Gasteiger partial charge in [-0.1, -0.05) is 0 Å². The van der Waals surface area contributed by atoms with Crippen LogP contribution in [0.25, 0.3) is 0 Å². The molecule has 0 bridgehead atoms. The molecular weight excluding hydrogens is 273 g/mol. The van der Waals surface area contributed by atoms with Crippen molar-refractivity contribution < 1.29 is 22.7 Å². The van der Waals surface area contributed by atoms with Gasteiger partial charge in [0.25, 0.3) is 0 Å². The second-order valence-corrected chi connectivity index (χ2v) is 4.85. The van der Waals surface area contributed by atoms with E-state index in [9.17, 15) is 18.0 Å². The van der Waals surface area contributed by atoms with Gasteiger partial charge in [-0.05, 0) is 18.6 Å². The number of anilines is 1. The van der Waals surface area contributed by atoms with Crippen LogP contribution in [0.5, 0.6) is 5.75 Å². The van der Waals surface area contributed by atoms with Crippen LogP contribution in [0, 0.1) is 0 Å². The smallest absolute Gasteiger partial charge is 0.416 e.